The third-order valence-electron chi connectivity index (χ3n) is 4.34. The molecule has 0 heterocycles. The summed E-state index contributed by atoms with van der Waals surface area (Å²) in [5.74, 6) is -0.519. The van der Waals surface area contributed by atoms with Gasteiger partial charge in [-0.2, -0.15) is 0 Å². The van der Waals surface area contributed by atoms with Gasteiger partial charge in [0.25, 0.3) is 5.91 Å². The Labute approximate surface area is 159 Å². The maximum absolute atomic E-state index is 12.6. The lowest BCUT2D eigenvalue weighted by molar-refractivity contribution is -0.115. The normalized spacial score (nSPS) is 10.3. The molecule has 0 fully saturated rings. The first kappa shape index (κ1) is 18.4. The Kier molecular flexibility index (Phi) is 6.00. The summed E-state index contributed by atoms with van der Waals surface area (Å²) in [7, 11) is 0. The summed E-state index contributed by atoms with van der Waals surface area (Å²) in [6.45, 7) is 1.95. The van der Waals surface area contributed by atoms with Gasteiger partial charge in [0.05, 0.1) is 6.54 Å². The van der Waals surface area contributed by atoms with Gasteiger partial charge in [-0.15, -0.1) is 0 Å². The van der Waals surface area contributed by atoms with Gasteiger partial charge in [-0.1, -0.05) is 73.7 Å². The molecule has 3 rings (SSSR count). The van der Waals surface area contributed by atoms with Crippen molar-refractivity contribution in [2.24, 2.45) is 0 Å². The summed E-state index contributed by atoms with van der Waals surface area (Å²) in [6.07, 6.45) is 0.827. The first-order chi connectivity index (χ1) is 13.2. The molecule has 27 heavy (non-hydrogen) atoms. The molecule has 2 amide bonds. The smallest absolute Gasteiger partial charge is 0.252 e. The molecule has 0 aliphatic carbocycles. The average molecular weight is 358 g/mol. The van der Waals surface area contributed by atoms with E-state index in [1.54, 1.807) is 6.07 Å². The maximum atomic E-state index is 12.6. The van der Waals surface area contributed by atoms with Crippen molar-refractivity contribution in [2.75, 3.05) is 11.9 Å². The zero-order valence-corrected chi connectivity index (χ0v) is 15.2. The van der Waals surface area contributed by atoms with Crippen LogP contribution in [0.5, 0.6) is 0 Å². The minimum Gasteiger partial charge on any atom is -0.343 e. The minimum absolute atomic E-state index is 0.0833. The van der Waals surface area contributed by atoms with E-state index < -0.39 is 0 Å². The fourth-order valence-corrected chi connectivity index (χ4v) is 2.95. The highest BCUT2D eigenvalue weighted by Gasteiger charge is 2.13. The molecule has 0 aliphatic rings. The molecule has 0 saturated carbocycles. The summed E-state index contributed by atoms with van der Waals surface area (Å²) >= 11 is 0. The third kappa shape index (κ3) is 4.61. The molecule has 0 radical (unpaired) electrons. The summed E-state index contributed by atoms with van der Waals surface area (Å²) in [5, 5.41) is 5.58. The Bertz CT molecular complexity index is 936. The Morgan fingerprint density at radius 3 is 2.26 bits per heavy atom. The maximum Gasteiger partial charge on any atom is 0.252 e. The van der Waals surface area contributed by atoms with Crippen LogP contribution >= 0.6 is 0 Å². The number of hydrogen-bond donors (Lipinski definition) is 2. The average Bonchev–Trinajstić information content (AvgIpc) is 2.73. The fourth-order valence-electron chi connectivity index (χ4n) is 2.95. The number of rotatable bonds is 6. The largest absolute Gasteiger partial charge is 0.343 e. The van der Waals surface area contributed by atoms with Gasteiger partial charge in [0.1, 0.15) is 0 Å². The fraction of sp³-hybridized carbons (Fsp3) is 0.130. The lowest BCUT2D eigenvalue weighted by Gasteiger charge is -2.12. The number of nitrogens with one attached hydrogen (secondary N) is 2. The second-order valence-corrected chi connectivity index (χ2v) is 6.15. The summed E-state index contributed by atoms with van der Waals surface area (Å²) in [6, 6.07) is 24.8. The lowest BCUT2D eigenvalue weighted by Crippen LogP contribution is -2.33. The number of carbonyl (C=O) groups is 2. The topological polar surface area (TPSA) is 58.2 Å². The van der Waals surface area contributed by atoms with Crippen LogP contribution in [0.4, 0.5) is 5.69 Å². The van der Waals surface area contributed by atoms with E-state index >= 15 is 0 Å². The van der Waals surface area contributed by atoms with Crippen LogP contribution in [0.2, 0.25) is 0 Å². The number of hydrogen-bond acceptors (Lipinski definition) is 2. The van der Waals surface area contributed by atoms with Crippen LogP contribution in [0.15, 0.2) is 78.9 Å². The Balaban J connectivity index is 1.67. The van der Waals surface area contributed by atoms with Gasteiger partial charge in [0, 0.05) is 11.3 Å². The van der Waals surface area contributed by atoms with Crippen molar-refractivity contribution in [1.82, 2.24) is 5.32 Å². The third-order valence-corrected chi connectivity index (χ3v) is 4.34. The highest BCUT2D eigenvalue weighted by atomic mass is 16.2. The molecule has 0 aromatic heterocycles. The molecule has 4 nitrogen and oxygen atoms in total. The van der Waals surface area contributed by atoms with Crippen molar-refractivity contribution < 1.29 is 9.59 Å². The number of amides is 2. The highest BCUT2D eigenvalue weighted by molar-refractivity contribution is 6.03. The molecule has 0 bridgehead atoms. The summed E-state index contributed by atoms with van der Waals surface area (Å²) in [4.78, 5) is 24.9. The Morgan fingerprint density at radius 1 is 0.815 bits per heavy atom. The Morgan fingerprint density at radius 2 is 1.48 bits per heavy atom. The zero-order valence-electron chi connectivity index (χ0n) is 15.2. The Hall–Kier alpha value is -3.40. The molecule has 3 aromatic rings. The van der Waals surface area contributed by atoms with Crippen LogP contribution in [0.25, 0.3) is 11.1 Å². The molecule has 0 spiro atoms. The quantitative estimate of drug-likeness (QED) is 0.691. The summed E-state index contributed by atoms with van der Waals surface area (Å²) < 4.78 is 0. The molecule has 0 atom stereocenters. The van der Waals surface area contributed by atoms with Crippen molar-refractivity contribution in [1.29, 1.82) is 0 Å². The molecular formula is C23H22N2O2. The van der Waals surface area contributed by atoms with Crippen LogP contribution in [0.3, 0.4) is 0 Å². The van der Waals surface area contributed by atoms with Gasteiger partial charge >= 0.3 is 0 Å². The van der Waals surface area contributed by atoms with Crippen LogP contribution in [-0.2, 0) is 11.2 Å². The molecule has 0 unspecified atom stereocenters. The number of benzene rings is 3. The van der Waals surface area contributed by atoms with Gasteiger partial charge in [0.2, 0.25) is 5.91 Å². The monoisotopic (exact) mass is 358 g/mol. The van der Waals surface area contributed by atoms with Gasteiger partial charge in [-0.05, 0) is 35.2 Å². The molecule has 2 N–H and O–H groups in total. The standard InChI is InChI=1S/C23H22N2O2/c1-2-17-10-6-9-15-21(17)25-22(26)16-24-23(27)20-14-8-7-13-19(20)18-11-4-3-5-12-18/h3-15H,2,16H2,1H3,(H,24,27)(H,25,26). The number of carbonyl (C=O) groups excluding carboxylic acids is 2. The predicted molar refractivity (Wildman–Crippen MR) is 109 cm³/mol. The second kappa shape index (κ2) is 8.81. The van der Waals surface area contributed by atoms with Crippen molar-refractivity contribution in [3.05, 3.63) is 90.0 Å². The molecule has 3 aromatic carbocycles. The van der Waals surface area contributed by atoms with Gasteiger partial charge < -0.3 is 10.6 Å². The van der Waals surface area contributed by atoms with E-state index in [0.717, 1.165) is 28.8 Å². The SMILES string of the molecule is CCc1ccccc1NC(=O)CNC(=O)c1ccccc1-c1ccccc1. The van der Waals surface area contributed by atoms with Crippen molar-refractivity contribution in [2.45, 2.75) is 13.3 Å². The first-order valence-electron chi connectivity index (χ1n) is 8.99. The van der Waals surface area contributed by atoms with Gasteiger partial charge in [0.15, 0.2) is 0 Å². The van der Waals surface area contributed by atoms with E-state index in [9.17, 15) is 9.59 Å². The van der Waals surface area contributed by atoms with Crippen molar-refractivity contribution in [3.8, 4) is 11.1 Å². The lowest BCUT2D eigenvalue weighted by atomic mass is 9.99. The van der Waals surface area contributed by atoms with Crippen molar-refractivity contribution >= 4 is 17.5 Å². The van der Waals surface area contributed by atoms with E-state index in [-0.39, 0.29) is 18.4 Å². The van der Waals surface area contributed by atoms with E-state index in [1.807, 2.05) is 79.7 Å². The van der Waals surface area contributed by atoms with Crippen LogP contribution in [0, 0.1) is 0 Å². The van der Waals surface area contributed by atoms with E-state index in [0.29, 0.717) is 5.56 Å². The van der Waals surface area contributed by atoms with E-state index in [2.05, 4.69) is 10.6 Å². The van der Waals surface area contributed by atoms with Crippen LogP contribution in [-0.4, -0.2) is 18.4 Å². The van der Waals surface area contributed by atoms with E-state index in [4.69, 9.17) is 0 Å². The predicted octanol–water partition coefficient (Wildman–Crippen LogP) is 4.28. The molecular weight excluding hydrogens is 336 g/mol. The molecule has 0 aliphatic heterocycles. The summed E-state index contributed by atoms with van der Waals surface area (Å²) in [5.41, 5.74) is 4.19. The van der Waals surface area contributed by atoms with Crippen LogP contribution < -0.4 is 10.6 Å². The van der Waals surface area contributed by atoms with Gasteiger partial charge in [-0.25, -0.2) is 0 Å². The highest BCUT2D eigenvalue weighted by Crippen LogP contribution is 2.23. The molecule has 0 saturated heterocycles. The number of aryl methyl sites for hydroxylation is 1. The minimum atomic E-state index is -0.270. The van der Waals surface area contributed by atoms with Gasteiger partial charge in [-0.3, -0.25) is 9.59 Å². The number of anilines is 1. The zero-order chi connectivity index (χ0) is 19.1. The second-order valence-electron chi connectivity index (χ2n) is 6.15. The van der Waals surface area contributed by atoms with E-state index in [1.165, 1.54) is 0 Å². The first-order valence-corrected chi connectivity index (χ1v) is 8.99. The van der Waals surface area contributed by atoms with Crippen LogP contribution in [0.1, 0.15) is 22.8 Å². The number of para-hydroxylation sites is 1. The van der Waals surface area contributed by atoms with Crippen molar-refractivity contribution in [3.63, 3.8) is 0 Å². The molecule has 4 heteroatoms. The molecule has 136 valence electrons.